The Hall–Kier alpha value is -2.95. The molecular weight excluding hydrogens is 376 g/mol. The van der Waals surface area contributed by atoms with Gasteiger partial charge in [-0.05, 0) is 47.7 Å². The molecule has 0 spiro atoms. The van der Waals surface area contributed by atoms with Gasteiger partial charge in [0, 0.05) is 10.9 Å². The molecule has 2 aromatic heterocycles. The third kappa shape index (κ3) is 3.04. The summed E-state index contributed by atoms with van der Waals surface area (Å²) in [6, 6.07) is 10.5. The van der Waals surface area contributed by atoms with E-state index in [1.54, 1.807) is 4.57 Å². The molecule has 5 heteroatoms. The molecule has 1 atom stereocenters. The van der Waals surface area contributed by atoms with E-state index in [0.717, 1.165) is 33.4 Å². The lowest BCUT2D eigenvalue weighted by molar-refractivity contribution is -0.148. The topological polar surface area (TPSA) is 61.2 Å². The predicted octanol–water partition coefficient (Wildman–Crippen LogP) is 5.13. The van der Waals surface area contributed by atoms with E-state index in [1.807, 2.05) is 26.8 Å². The largest absolute Gasteiger partial charge is 0.460 e. The monoisotopic (exact) mass is 404 g/mol. The van der Waals surface area contributed by atoms with Crippen molar-refractivity contribution in [2.75, 3.05) is 0 Å². The highest BCUT2D eigenvalue weighted by molar-refractivity contribution is 5.85. The van der Waals surface area contributed by atoms with E-state index in [-0.39, 0.29) is 24.1 Å². The van der Waals surface area contributed by atoms with E-state index in [0.29, 0.717) is 24.4 Å². The summed E-state index contributed by atoms with van der Waals surface area (Å²) in [4.78, 5) is 30.2. The fourth-order valence-electron chi connectivity index (χ4n) is 4.39. The summed E-state index contributed by atoms with van der Waals surface area (Å²) in [6.45, 7) is 10.9. The van der Waals surface area contributed by atoms with Crippen molar-refractivity contribution in [3.63, 3.8) is 0 Å². The molecule has 0 aliphatic carbocycles. The van der Waals surface area contributed by atoms with Crippen LogP contribution in [0.4, 0.5) is 0 Å². The third-order valence-electron chi connectivity index (χ3n) is 6.02. The van der Waals surface area contributed by atoms with E-state index >= 15 is 0 Å². The average molecular weight is 405 g/mol. The van der Waals surface area contributed by atoms with E-state index in [1.165, 1.54) is 5.56 Å². The summed E-state index contributed by atoms with van der Waals surface area (Å²) in [6.07, 6.45) is 0.616. The molecule has 5 rings (SSSR count). The van der Waals surface area contributed by atoms with Crippen LogP contribution in [-0.4, -0.2) is 15.5 Å². The van der Waals surface area contributed by atoms with Crippen LogP contribution in [0, 0.1) is 0 Å². The first kappa shape index (κ1) is 20.3. The van der Waals surface area contributed by atoms with Crippen LogP contribution in [0.3, 0.4) is 0 Å². The van der Waals surface area contributed by atoms with E-state index in [9.17, 15) is 9.59 Å². The summed E-state index contributed by atoms with van der Waals surface area (Å²) in [5, 5.41) is 1.10. The molecule has 0 bridgehead atoms. The molecule has 0 saturated heterocycles. The van der Waals surface area contributed by atoms with Gasteiger partial charge in [0.05, 0.1) is 34.9 Å². The molecule has 1 aromatic carbocycles. The maximum absolute atomic E-state index is 13.1. The minimum absolute atomic E-state index is 0.0628. The Kier molecular flexibility index (Phi) is 5.22. The number of benzene rings is 1. The van der Waals surface area contributed by atoms with Gasteiger partial charge in [0.2, 0.25) is 0 Å². The van der Waals surface area contributed by atoms with Gasteiger partial charge in [0.15, 0.2) is 0 Å². The summed E-state index contributed by atoms with van der Waals surface area (Å²) in [5.74, 6) is -0.168. The first-order chi connectivity index (χ1) is 14.5. The van der Waals surface area contributed by atoms with Crippen molar-refractivity contribution in [1.29, 1.82) is 0 Å². The Morgan fingerprint density at radius 2 is 1.93 bits per heavy atom. The summed E-state index contributed by atoms with van der Waals surface area (Å²) < 4.78 is 7.02. The van der Waals surface area contributed by atoms with Crippen molar-refractivity contribution < 1.29 is 9.53 Å². The molecule has 0 saturated carbocycles. The van der Waals surface area contributed by atoms with Crippen molar-refractivity contribution in [2.45, 2.75) is 66.0 Å². The molecule has 2 aliphatic heterocycles. The number of carbonyl (C=O) groups is 1. The number of carbonyl (C=O) groups excluding carboxylic acids is 1. The van der Waals surface area contributed by atoms with Crippen molar-refractivity contribution in [2.24, 2.45) is 0 Å². The smallest absolute Gasteiger partial charge is 0.313 e. The number of hydrogen-bond donors (Lipinski definition) is 0. The summed E-state index contributed by atoms with van der Waals surface area (Å²) >= 11 is 0. The van der Waals surface area contributed by atoms with E-state index in [4.69, 9.17) is 9.72 Å². The van der Waals surface area contributed by atoms with Gasteiger partial charge in [-0.2, -0.15) is 0 Å². The Bertz CT molecular complexity index is 1210. The first-order valence-electron chi connectivity index (χ1n) is 10.8. The lowest BCUT2D eigenvalue weighted by Gasteiger charge is -2.24. The number of cyclic esters (lactones) is 1. The molecule has 0 fully saturated rings. The lowest BCUT2D eigenvalue weighted by atomic mass is 9.90. The number of hydrogen-bond acceptors (Lipinski definition) is 4. The van der Waals surface area contributed by atoms with Gasteiger partial charge in [-0.3, -0.25) is 9.59 Å². The minimum atomic E-state index is -0.375. The van der Waals surface area contributed by atoms with Crippen LogP contribution in [-0.2, 0) is 22.7 Å². The Labute approximate surface area is 176 Å². The fraction of sp³-hybridized carbons (Fsp3) is 0.400. The molecule has 0 radical (unpaired) electrons. The molecule has 2 aliphatic rings. The molecule has 4 heterocycles. The Morgan fingerprint density at radius 1 is 1.17 bits per heavy atom. The van der Waals surface area contributed by atoms with Gasteiger partial charge in [0.1, 0.15) is 6.61 Å². The number of aromatic nitrogens is 2. The van der Waals surface area contributed by atoms with Crippen molar-refractivity contribution >= 4 is 16.9 Å². The normalized spacial score (nSPS) is 16.5. The van der Waals surface area contributed by atoms with Gasteiger partial charge < -0.3 is 9.30 Å². The van der Waals surface area contributed by atoms with Crippen LogP contribution in [0.1, 0.15) is 75.1 Å². The second-order valence-electron chi connectivity index (χ2n) is 8.03. The minimum Gasteiger partial charge on any atom is -0.460 e. The van der Waals surface area contributed by atoms with Crippen LogP contribution in [0.15, 0.2) is 35.1 Å². The van der Waals surface area contributed by atoms with E-state index < -0.39 is 0 Å². The average Bonchev–Trinajstić information content (AvgIpc) is 3.11. The SMILES string of the molecule is CC.CC[C@H]1C(=O)OCc2c1cc1n(c2=O)Cc2cc3cc(C(C)C)ccc3nc2-1. The summed E-state index contributed by atoms with van der Waals surface area (Å²) in [7, 11) is 0. The molecule has 0 N–H and O–H groups in total. The molecule has 5 nitrogen and oxygen atoms in total. The number of rotatable bonds is 2. The number of esters is 1. The molecule has 0 unspecified atom stereocenters. The third-order valence-corrected chi connectivity index (χ3v) is 6.02. The van der Waals surface area contributed by atoms with Gasteiger partial charge >= 0.3 is 5.97 Å². The zero-order valence-corrected chi connectivity index (χ0v) is 18.3. The van der Waals surface area contributed by atoms with Gasteiger partial charge in [-0.25, -0.2) is 4.98 Å². The predicted molar refractivity (Wildman–Crippen MR) is 119 cm³/mol. The molecule has 156 valence electrons. The maximum Gasteiger partial charge on any atom is 0.313 e. The highest BCUT2D eigenvalue weighted by atomic mass is 16.5. The van der Waals surface area contributed by atoms with Crippen LogP contribution < -0.4 is 5.56 Å². The van der Waals surface area contributed by atoms with Crippen molar-refractivity contribution in [3.8, 4) is 11.4 Å². The molecule has 3 aromatic rings. The zero-order valence-electron chi connectivity index (χ0n) is 18.3. The highest BCUT2D eigenvalue weighted by Crippen LogP contribution is 2.37. The number of ether oxygens (including phenoxy) is 1. The molecular formula is C25H28N2O3. The molecule has 0 amide bonds. The van der Waals surface area contributed by atoms with Crippen molar-refractivity contribution in [3.05, 3.63) is 62.9 Å². The zero-order chi connectivity index (χ0) is 21.6. The second kappa shape index (κ2) is 7.71. The van der Waals surface area contributed by atoms with Gasteiger partial charge in [-0.1, -0.05) is 40.7 Å². The van der Waals surface area contributed by atoms with Gasteiger partial charge in [0.25, 0.3) is 5.56 Å². The fourth-order valence-corrected chi connectivity index (χ4v) is 4.39. The highest BCUT2D eigenvalue weighted by Gasteiger charge is 2.33. The quantitative estimate of drug-likeness (QED) is 0.435. The Balaban J connectivity index is 0.00000106. The van der Waals surface area contributed by atoms with Crippen LogP contribution >= 0.6 is 0 Å². The van der Waals surface area contributed by atoms with Gasteiger partial charge in [-0.15, -0.1) is 0 Å². The second-order valence-corrected chi connectivity index (χ2v) is 8.03. The van der Waals surface area contributed by atoms with Crippen molar-refractivity contribution in [1.82, 2.24) is 9.55 Å². The first-order valence-corrected chi connectivity index (χ1v) is 10.8. The van der Waals surface area contributed by atoms with Crippen LogP contribution in [0.5, 0.6) is 0 Å². The standard InChI is InChI=1S/C23H22N2O3.C2H6/c1-4-16-17-9-20-21-15(10-25(20)22(26)18(17)11-28-23(16)27)8-14-7-13(12(2)3)5-6-19(14)24-21;1-2/h5-9,12,16H,4,10-11H2,1-3H3;1-2H3/t16-;/m1./s1. The Morgan fingerprint density at radius 3 is 2.63 bits per heavy atom. The maximum atomic E-state index is 13.1. The molecule has 30 heavy (non-hydrogen) atoms. The van der Waals surface area contributed by atoms with Crippen LogP contribution in [0.25, 0.3) is 22.3 Å². The van der Waals surface area contributed by atoms with E-state index in [2.05, 4.69) is 38.1 Å². The lowest BCUT2D eigenvalue weighted by Crippen LogP contribution is -2.32. The number of fused-ring (bicyclic) bond motifs is 5. The van der Waals surface area contributed by atoms with Crippen LogP contribution in [0.2, 0.25) is 0 Å². The number of pyridine rings is 2. The number of nitrogens with zero attached hydrogens (tertiary/aromatic N) is 2. The summed E-state index contributed by atoms with van der Waals surface area (Å²) in [5.41, 5.74) is 6.25.